The van der Waals surface area contributed by atoms with Crippen molar-refractivity contribution in [1.82, 2.24) is 20.3 Å². The number of anilines is 1. The van der Waals surface area contributed by atoms with Crippen LogP contribution in [0.25, 0.3) is 0 Å². The van der Waals surface area contributed by atoms with Crippen molar-refractivity contribution in [3.8, 4) is 0 Å². The lowest BCUT2D eigenvalue weighted by atomic mass is 10.3. The minimum absolute atomic E-state index is 0.594. The summed E-state index contributed by atoms with van der Waals surface area (Å²) in [4.78, 5) is 4.32. The van der Waals surface area contributed by atoms with Gasteiger partial charge in [-0.3, -0.25) is 0 Å². The Bertz CT molecular complexity index is 695. The molecule has 0 saturated carbocycles. The molecule has 3 rings (SSSR count). The molecule has 0 unspecified atom stereocenters. The van der Waals surface area contributed by atoms with Gasteiger partial charge in [0.2, 0.25) is 11.0 Å². The molecule has 0 saturated heterocycles. The van der Waals surface area contributed by atoms with Crippen LogP contribution in [0.4, 0.5) is 5.13 Å². The van der Waals surface area contributed by atoms with E-state index >= 15 is 0 Å². The standard InChI is InChI=1S/C13H15N5O2S2/c1-2-4-10-15-11(20-18-10)8-21-13-17-16-12(22-13)14-7-9-5-3-6-19-9/h3,5-6H,2,4,7-8H2,1H3,(H,14,16). The van der Waals surface area contributed by atoms with Crippen molar-refractivity contribution >= 4 is 28.2 Å². The van der Waals surface area contributed by atoms with Crippen LogP contribution in [0.2, 0.25) is 0 Å². The number of aryl methyl sites for hydroxylation is 1. The maximum Gasteiger partial charge on any atom is 0.237 e. The number of nitrogens with zero attached hydrogens (tertiary/aromatic N) is 4. The van der Waals surface area contributed by atoms with E-state index in [4.69, 9.17) is 8.94 Å². The molecule has 3 aromatic rings. The van der Waals surface area contributed by atoms with E-state index in [2.05, 4.69) is 32.6 Å². The molecular weight excluding hydrogens is 322 g/mol. The molecule has 3 aromatic heterocycles. The van der Waals surface area contributed by atoms with E-state index in [0.717, 1.165) is 33.9 Å². The first-order valence-corrected chi connectivity index (χ1v) is 8.67. The second kappa shape index (κ2) is 7.41. The number of hydrogen-bond donors (Lipinski definition) is 1. The molecule has 22 heavy (non-hydrogen) atoms. The first kappa shape index (κ1) is 15.0. The quantitative estimate of drug-likeness (QED) is 0.626. The molecule has 7 nitrogen and oxygen atoms in total. The van der Waals surface area contributed by atoms with Crippen molar-refractivity contribution in [3.05, 3.63) is 35.9 Å². The fourth-order valence-electron chi connectivity index (χ4n) is 1.71. The van der Waals surface area contributed by atoms with Gasteiger partial charge < -0.3 is 14.3 Å². The van der Waals surface area contributed by atoms with Gasteiger partial charge in [0.15, 0.2) is 10.2 Å². The third-order valence-electron chi connectivity index (χ3n) is 2.70. The van der Waals surface area contributed by atoms with Crippen LogP contribution >= 0.6 is 23.1 Å². The SMILES string of the molecule is CCCc1noc(CSc2nnc(NCc3ccco3)s2)n1. The van der Waals surface area contributed by atoms with Gasteiger partial charge in [-0.05, 0) is 18.6 Å². The number of hydrogen-bond acceptors (Lipinski definition) is 9. The number of nitrogens with one attached hydrogen (secondary N) is 1. The van der Waals surface area contributed by atoms with Crippen LogP contribution in [0.3, 0.4) is 0 Å². The van der Waals surface area contributed by atoms with E-state index in [0.29, 0.717) is 18.2 Å². The van der Waals surface area contributed by atoms with Crippen LogP contribution in [0.15, 0.2) is 31.7 Å². The monoisotopic (exact) mass is 337 g/mol. The van der Waals surface area contributed by atoms with Gasteiger partial charge in [-0.2, -0.15) is 4.98 Å². The van der Waals surface area contributed by atoms with Gasteiger partial charge in [0, 0.05) is 6.42 Å². The molecule has 9 heteroatoms. The molecule has 0 bridgehead atoms. The predicted molar refractivity (Wildman–Crippen MR) is 83.8 cm³/mol. The molecule has 0 fully saturated rings. The Labute approximate surface area is 135 Å². The first-order chi connectivity index (χ1) is 10.8. The van der Waals surface area contributed by atoms with E-state index in [1.54, 1.807) is 6.26 Å². The predicted octanol–water partition coefficient (Wildman–Crippen LogP) is 3.37. The molecule has 0 aromatic carbocycles. The third-order valence-corrected chi connectivity index (χ3v) is 4.70. The summed E-state index contributed by atoms with van der Waals surface area (Å²) >= 11 is 3.02. The highest BCUT2D eigenvalue weighted by atomic mass is 32.2. The van der Waals surface area contributed by atoms with Crippen molar-refractivity contribution < 1.29 is 8.94 Å². The zero-order chi connectivity index (χ0) is 15.2. The van der Waals surface area contributed by atoms with Gasteiger partial charge in [0.25, 0.3) is 0 Å². The van der Waals surface area contributed by atoms with Gasteiger partial charge in [0.1, 0.15) is 5.76 Å². The molecule has 3 heterocycles. The molecule has 0 aliphatic rings. The maximum absolute atomic E-state index is 5.25. The van der Waals surface area contributed by atoms with Crippen LogP contribution in [-0.2, 0) is 18.7 Å². The number of aromatic nitrogens is 4. The Morgan fingerprint density at radius 2 is 2.32 bits per heavy atom. The van der Waals surface area contributed by atoms with Crippen molar-refractivity contribution in [1.29, 1.82) is 0 Å². The molecule has 1 N–H and O–H groups in total. The number of thioether (sulfide) groups is 1. The van der Waals surface area contributed by atoms with E-state index in [1.165, 1.54) is 23.1 Å². The van der Waals surface area contributed by atoms with E-state index in [9.17, 15) is 0 Å². The maximum atomic E-state index is 5.25. The Morgan fingerprint density at radius 3 is 3.14 bits per heavy atom. The van der Waals surface area contributed by atoms with Gasteiger partial charge >= 0.3 is 0 Å². The van der Waals surface area contributed by atoms with E-state index in [1.807, 2.05) is 12.1 Å². The minimum Gasteiger partial charge on any atom is -0.467 e. The van der Waals surface area contributed by atoms with Gasteiger partial charge in [-0.1, -0.05) is 35.2 Å². The average Bonchev–Trinajstić information content (AvgIpc) is 3.26. The number of rotatable bonds is 8. The molecule has 0 atom stereocenters. The molecule has 0 radical (unpaired) electrons. The Morgan fingerprint density at radius 1 is 1.36 bits per heavy atom. The zero-order valence-electron chi connectivity index (χ0n) is 12.0. The van der Waals surface area contributed by atoms with Crippen LogP contribution < -0.4 is 5.32 Å². The van der Waals surface area contributed by atoms with Crippen LogP contribution in [-0.4, -0.2) is 20.3 Å². The van der Waals surface area contributed by atoms with Crippen LogP contribution in [0.1, 0.15) is 30.8 Å². The second-order valence-electron chi connectivity index (χ2n) is 4.45. The first-order valence-electron chi connectivity index (χ1n) is 6.87. The Hall–Kier alpha value is -1.87. The summed E-state index contributed by atoms with van der Waals surface area (Å²) in [5.41, 5.74) is 0. The van der Waals surface area contributed by atoms with Crippen molar-refractivity contribution in [2.45, 2.75) is 36.4 Å². The summed E-state index contributed by atoms with van der Waals surface area (Å²) in [6, 6.07) is 3.77. The molecule has 0 spiro atoms. The normalized spacial score (nSPS) is 11.0. The lowest BCUT2D eigenvalue weighted by molar-refractivity contribution is 0.384. The topological polar surface area (TPSA) is 89.9 Å². The number of furan rings is 1. The Balaban J connectivity index is 1.48. The highest BCUT2D eigenvalue weighted by Gasteiger charge is 2.09. The van der Waals surface area contributed by atoms with Gasteiger partial charge in [-0.25, -0.2) is 0 Å². The van der Waals surface area contributed by atoms with Gasteiger partial charge in [-0.15, -0.1) is 10.2 Å². The van der Waals surface area contributed by atoms with Crippen LogP contribution in [0, 0.1) is 0 Å². The summed E-state index contributed by atoms with van der Waals surface area (Å²) < 4.78 is 11.3. The lowest BCUT2D eigenvalue weighted by Gasteiger charge is -1.96. The second-order valence-corrected chi connectivity index (χ2v) is 6.65. The summed E-state index contributed by atoms with van der Waals surface area (Å²) in [6.07, 6.45) is 3.50. The largest absolute Gasteiger partial charge is 0.467 e. The van der Waals surface area contributed by atoms with Gasteiger partial charge in [0.05, 0.1) is 18.6 Å². The molecule has 0 aliphatic carbocycles. The minimum atomic E-state index is 0.594. The van der Waals surface area contributed by atoms with E-state index < -0.39 is 0 Å². The van der Waals surface area contributed by atoms with E-state index in [-0.39, 0.29) is 0 Å². The molecular formula is C13H15N5O2S2. The fraction of sp³-hybridized carbons (Fsp3) is 0.385. The van der Waals surface area contributed by atoms with Crippen LogP contribution in [0.5, 0.6) is 0 Å². The summed E-state index contributed by atoms with van der Waals surface area (Å²) in [7, 11) is 0. The average molecular weight is 337 g/mol. The summed E-state index contributed by atoms with van der Waals surface area (Å²) in [5.74, 6) is 2.84. The molecule has 116 valence electrons. The lowest BCUT2D eigenvalue weighted by Crippen LogP contribution is -1.96. The Kier molecular flexibility index (Phi) is 5.07. The smallest absolute Gasteiger partial charge is 0.237 e. The third kappa shape index (κ3) is 4.08. The highest BCUT2D eigenvalue weighted by Crippen LogP contribution is 2.28. The highest BCUT2D eigenvalue weighted by molar-refractivity contribution is 8.00. The summed E-state index contributed by atoms with van der Waals surface area (Å²) in [5, 5.41) is 16.1. The molecule has 0 amide bonds. The summed E-state index contributed by atoms with van der Waals surface area (Å²) in [6.45, 7) is 2.68. The van der Waals surface area contributed by atoms with Crippen molar-refractivity contribution in [2.24, 2.45) is 0 Å². The zero-order valence-corrected chi connectivity index (χ0v) is 13.6. The molecule has 0 aliphatic heterocycles. The van der Waals surface area contributed by atoms with Crippen molar-refractivity contribution in [2.75, 3.05) is 5.32 Å². The fourth-order valence-corrected chi connectivity index (χ4v) is 3.30. The van der Waals surface area contributed by atoms with Crippen molar-refractivity contribution in [3.63, 3.8) is 0 Å².